The maximum absolute atomic E-state index is 13.9. The van der Waals surface area contributed by atoms with Gasteiger partial charge in [-0.15, -0.1) is 0 Å². The maximum atomic E-state index is 13.9. The van der Waals surface area contributed by atoms with E-state index in [0.717, 1.165) is 24.0 Å². The van der Waals surface area contributed by atoms with E-state index < -0.39 is 34.0 Å². The molecular formula is C31H36O6. The van der Waals surface area contributed by atoms with Crippen molar-refractivity contribution in [2.45, 2.75) is 72.0 Å². The summed E-state index contributed by atoms with van der Waals surface area (Å²) in [4.78, 5) is 52.1. The second kappa shape index (κ2) is 7.42. The van der Waals surface area contributed by atoms with E-state index in [1.54, 1.807) is 13.8 Å². The van der Waals surface area contributed by atoms with Crippen LogP contribution in [0.5, 0.6) is 0 Å². The van der Waals surface area contributed by atoms with Crippen molar-refractivity contribution in [3.8, 4) is 0 Å². The van der Waals surface area contributed by atoms with Gasteiger partial charge in [0.15, 0.2) is 22.8 Å². The normalized spacial score (nSPS) is 48.5. The number of carbonyl (C=O) groups excluding carboxylic acids is 4. The third-order valence-corrected chi connectivity index (χ3v) is 10.6. The van der Waals surface area contributed by atoms with Crippen LogP contribution in [0.1, 0.15) is 60.8 Å². The lowest BCUT2D eigenvalue weighted by Gasteiger charge is -2.59. The van der Waals surface area contributed by atoms with Crippen LogP contribution < -0.4 is 0 Å². The molecule has 8 aliphatic rings. The lowest BCUT2D eigenvalue weighted by molar-refractivity contribution is -0.187. The zero-order chi connectivity index (χ0) is 26.7. The highest BCUT2D eigenvalue weighted by Gasteiger charge is 2.69. The Morgan fingerprint density at radius 1 is 0.757 bits per heavy atom. The standard InChI is InChI=1S/C31H36O6/c1-16(32)36-30(5)24-18(14-28(3,26(30)34)22-11-7-9-20(22)24)13-19-15-29(4)23-12-8-10-21(23)25(19)31(6,27(29)35)37-17(2)33/h7-8,11-12,14-15,20-25H,9-10,13H2,1-6H3/t20-,21-,22+,23+,24-,25-,28-,29-,30?,31?/m1/s1. The van der Waals surface area contributed by atoms with Gasteiger partial charge in [-0.3, -0.25) is 19.2 Å². The number of allylic oxidation sites excluding steroid dienone is 6. The molecule has 0 aromatic carbocycles. The highest BCUT2D eigenvalue weighted by molar-refractivity contribution is 6.00. The summed E-state index contributed by atoms with van der Waals surface area (Å²) in [6, 6.07) is 0. The lowest BCUT2D eigenvalue weighted by atomic mass is 9.45. The van der Waals surface area contributed by atoms with E-state index in [1.807, 2.05) is 13.8 Å². The maximum Gasteiger partial charge on any atom is 0.303 e. The van der Waals surface area contributed by atoms with E-state index in [1.165, 1.54) is 13.8 Å². The molecule has 0 saturated heterocycles. The summed E-state index contributed by atoms with van der Waals surface area (Å²) in [6.07, 6.45) is 15.1. The molecule has 196 valence electrons. The molecule has 0 radical (unpaired) electrons. The predicted molar refractivity (Wildman–Crippen MR) is 136 cm³/mol. The minimum absolute atomic E-state index is 0.0390. The Hall–Kier alpha value is -2.76. The number of ether oxygens (including phenoxy) is 2. The van der Waals surface area contributed by atoms with Gasteiger partial charge in [0.2, 0.25) is 0 Å². The van der Waals surface area contributed by atoms with Gasteiger partial charge in [0.25, 0.3) is 0 Å². The number of esters is 2. The van der Waals surface area contributed by atoms with Crippen molar-refractivity contribution >= 4 is 23.5 Å². The summed E-state index contributed by atoms with van der Waals surface area (Å²) in [6.45, 7) is 10.3. The Morgan fingerprint density at radius 2 is 1.14 bits per heavy atom. The van der Waals surface area contributed by atoms with Gasteiger partial charge in [-0.25, -0.2) is 0 Å². The van der Waals surface area contributed by atoms with E-state index in [0.29, 0.717) is 6.42 Å². The molecule has 0 aliphatic heterocycles. The third kappa shape index (κ3) is 2.93. The van der Waals surface area contributed by atoms with Gasteiger partial charge in [-0.1, -0.05) is 47.6 Å². The van der Waals surface area contributed by atoms with Gasteiger partial charge in [-0.05, 0) is 70.6 Å². The Labute approximate surface area is 218 Å². The first-order valence-electron chi connectivity index (χ1n) is 13.5. The quantitative estimate of drug-likeness (QED) is 0.408. The van der Waals surface area contributed by atoms with Crippen LogP contribution in [-0.4, -0.2) is 34.7 Å². The van der Waals surface area contributed by atoms with Crippen LogP contribution in [0, 0.1) is 46.3 Å². The Balaban J connectivity index is 1.47. The molecule has 2 fully saturated rings. The summed E-state index contributed by atoms with van der Waals surface area (Å²) in [5.74, 6) is -0.953. The number of rotatable bonds is 4. The summed E-state index contributed by atoms with van der Waals surface area (Å²) in [7, 11) is 0. The number of hydrogen-bond donors (Lipinski definition) is 0. The van der Waals surface area contributed by atoms with E-state index in [2.05, 4.69) is 36.5 Å². The van der Waals surface area contributed by atoms with Gasteiger partial charge in [0.05, 0.1) is 10.8 Å². The molecular weight excluding hydrogens is 468 g/mol. The highest BCUT2D eigenvalue weighted by atomic mass is 16.6. The molecule has 4 bridgehead atoms. The molecule has 0 heterocycles. The van der Waals surface area contributed by atoms with E-state index >= 15 is 0 Å². The topological polar surface area (TPSA) is 86.7 Å². The van der Waals surface area contributed by atoms with Gasteiger partial charge >= 0.3 is 11.9 Å². The summed E-state index contributed by atoms with van der Waals surface area (Å²) >= 11 is 0. The van der Waals surface area contributed by atoms with Crippen LogP contribution in [-0.2, 0) is 28.7 Å². The zero-order valence-corrected chi connectivity index (χ0v) is 22.5. The number of fused-ring (bicyclic) bond motifs is 2. The van der Waals surface area contributed by atoms with Crippen LogP contribution >= 0.6 is 0 Å². The summed E-state index contributed by atoms with van der Waals surface area (Å²) in [5.41, 5.74) is -1.81. The van der Waals surface area contributed by atoms with Crippen LogP contribution in [0.25, 0.3) is 0 Å². The number of hydrogen-bond acceptors (Lipinski definition) is 6. The molecule has 2 unspecified atom stereocenters. The number of carbonyl (C=O) groups is 4. The fraction of sp³-hybridized carbons (Fsp3) is 0.613. The van der Waals surface area contributed by atoms with Crippen molar-refractivity contribution < 1.29 is 28.7 Å². The molecule has 0 amide bonds. The molecule has 0 spiro atoms. The third-order valence-electron chi connectivity index (χ3n) is 10.6. The first kappa shape index (κ1) is 24.6. The molecule has 10 atom stereocenters. The van der Waals surface area contributed by atoms with Crippen molar-refractivity contribution in [3.63, 3.8) is 0 Å². The van der Waals surface area contributed by atoms with E-state index in [-0.39, 0.29) is 47.1 Å². The zero-order valence-electron chi connectivity index (χ0n) is 22.5. The Morgan fingerprint density at radius 3 is 1.49 bits per heavy atom. The predicted octanol–water partition coefficient (Wildman–Crippen LogP) is 4.70. The molecule has 37 heavy (non-hydrogen) atoms. The second-order valence-corrected chi connectivity index (χ2v) is 12.9. The van der Waals surface area contributed by atoms with Crippen LogP contribution in [0.3, 0.4) is 0 Å². The first-order chi connectivity index (χ1) is 17.3. The van der Waals surface area contributed by atoms with Crippen molar-refractivity contribution in [1.82, 2.24) is 0 Å². The van der Waals surface area contributed by atoms with Crippen LogP contribution in [0.2, 0.25) is 0 Å². The summed E-state index contributed by atoms with van der Waals surface area (Å²) < 4.78 is 11.7. The molecule has 6 nitrogen and oxygen atoms in total. The monoisotopic (exact) mass is 504 g/mol. The van der Waals surface area contributed by atoms with E-state index in [4.69, 9.17) is 9.47 Å². The molecule has 2 saturated carbocycles. The molecule has 8 rings (SSSR count). The minimum atomic E-state index is -1.23. The molecule has 0 aromatic rings. The number of Topliss-reactive ketones (excluding diaryl/α,β-unsaturated/α-hetero) is 2. The highest BCUT2D eigenvalue weighted by Crippen LogP contribution is 2.65. The second-order valence-electron chi connectivity index (χ2n) is 12.9. The van der Waals surface area contributed by atoms with Crippen molar-refractivity contribution in [2.75, 3.05) is 0 Å². The smallest absolute Gasteiger partial charge is 0.303 e. The van der Waals surface area contributed by atoms with Crippen molar-refractivity contribution in [3.05, 3.63) is 47.6 Å². The van der Waals surface area contributed by atoms with Gasteiger partial charge in [0, 0.05) is 25.7 Å². The largest absolute Gasteiger partial charge is 0.451 e. The van der Waals surface area contributed by atoms with E-state index in [9.17, 15) is 19.2 Å². The molecule has 8 aliphatic carbocycles. The fourth-order valence-electron chi connectivity index (χ4n) is 9.70. The van der Waals surface area contributed by atoms with Crippen molar-refractivity contribution in [1.29, 1.82) is 0 Å². The Kier molecular flexibility index (Phi) is 4.93. The fourth-order valence-corrected chi connectivity index (χ4v) is 9.70. The SMILES string of the molecule is CC(=O)OC1(C)C(=O)[C@]2(C)C=C(CC3=C[C@@]4(C)C(=O)C(C)(OC(C)=O)[C@H]3[C@@H]3CC=C[C@@H]34)[C@@H]1[C@@H]1CC=C[C@@H]12. The average Bonchev–Trinajstić information content (AvgIpc) is 3.46. The van der Waals surface area contributed by atoms with Gasteiger partial charge in [-0.2, -0.15) is 0 Å². The minimum Gasteiger partial charge on any atom is -0.451 e. The van der Waals surface area contributed by atoms with Gasteiger partial charge < -0.3 is 9.47 Å². The average molecular weight is 505 g/mol. The van der Waals surface area contributed by atoms with Crippen LogP contribution in [0.4, 0.5) is 0 Å². The number of ketones is 2. The van der Waals surface area contributed by atoms with Crippen LogP contribution in [0.15, 0.2) is 47.6 Å². The Bertz CT molecular complexity index is 1170. The molecule has 0 N–H and O–H groups in total. The lowest BCUT2D eigenvalue weighted by Crippen LogP contribution is -2.66. The molecule has 0 aromatic heterocycles. The first-order valence-corrected chi connectivity index (χ1v) is 13.5. The van der Waals surface area contributed by atoms with Gasteiger partial charge in [0.1, 0.15) is 0 Å². The summed E-state index contributed by atoms with van der Waals surface area (Å²) in [5, 5.41) is 0. The van der Waals surface area contributed by atoms with Crippen molar-refractivity contribution in [2.24, 2.45) is 46.3 Å². The molecule has 6 heteroatoms.